The van der Waals surface area contributed by atoms with E-state index in [9.17, 15) is 17.6 Å². The van der Waals surface area contributed by atoms with Gasteiger partial charge in [-0.05, 0) is 31.4 Å². The highest BCUT2D eigenvalue weighted by Gasteiger charge is 2.46. The van der Waals surface area contributed by atoms with Crippen molar-refractivity contribution < 1.29 is 26.8 Å². The van der Waals surface area contributed by atoms with Gasteiger partial charge in [0.15, 0.2) is 5.82 Å². The molecular formula is C19H21F4N3O2. The molecule has 5 nitrogen and oxygen atoms in total. The fraction of sp³-hybridized carbons (Fsp3) is 0.579. The predicted octanol–water partition coefficient (Wildman–Crippen LogP) is 4.18. The summed E-state index contributed by atoms with van der Waals surface area (Å²) in [6.07, 6.45) is -0.791. The molecule has 3 heterocycles. The lowest BCUT2D eigenvalue weighted by molar-refractivity contribution is -0.169. The third-order valence-electron chi connectivity index (χ3n) is 5.52. The van der Waals surface area contributed by atoms with E-state index in [1.165, 1.54) is 5.56 Å². The van der Waals surface area contributed by atoms with Crippen molar-refractivity contribution >= 4 is 0 Å². The maximum absolute atomic E-state index is 12.9. The molecule has 0 radical (unpaired) electrons. The Morgan fingerprint density at radius 1 is 1.25 bits per heavy atom. The first-order valence-corrected chi connectivity index (χ1v) is 9.32. The summed E-state index contributed by atoms with van der Waals surface area (Å²) in [5.41, 5.74) is 1.25. The van der Waals surface area contributed by atoms with Crippen LogP contribution in [-0.4, -0.2) is 46.6 Å². The van der Waals surface area contributed by atoms with Crippen molar-refractivity contribution in [1.82, 2.24) is 15.0 Å². The Kier molecular flexibility index (Phi) is 5.37. The molecule has 2 aliphatic rings. The maximum Gasteiger partial charge on any atom is 0.330 e. The molecule has 2 saturated heterocycles. The Labute approximate surface area is 159 Å². The standard InChI is InChI=1S/C19H21F4N3O2/c20-18(21)19(22,23)11-27-10-16-24-17(25-28-16)13-9-15(12-5-2-1-3-6-12)26-8-4-7-14(13)26/h1-3,5-6,13-15,18H,4,7-11H2/t13-,14+,15-/m1/s1. The summed E-state index contributed by atoms with van der Waals surface area (Å²) in [4.78, 5) is 6.75. The van der Waals surface area contributed by atoms with Crippen LogP contribution >= 0.6 is 0 Å². The zero-order valence-corrected chi connectivity index (χ0v) is 15.1. The molecule has 2 aliphatic heterocycles. The van der Waals surface area contributed by atoms with E-state index in [2.05, 4.69) is 31.9 Å². The molecule has 0 saturated carbocycles. The van der Waals surface area contributed by atoms with E-state index in [0.717, 1.165) is 25.8 Å². The van der Waals surface area contributed by atoms with Crippen molar-refractivity contribution in [2.24, 2.45) is 0 Å². The Balaban J connectivity index is 1.42. The van der Waals surface area contributed by atoms with Gasteiger partial charge in [0.05, 0.1) is 0 Å². The average Bonchev–Trinajstić information content (AvgIpc) is 3.38. The zero-order chi connectivity index (χ0) is 19.7. The van der Waals surface area contributed by atoms with Crippen LogP contribution in [-0.2, 0) is 11.3 Å². The van der Waals surface area contributed by atoms with Crippen molar-refractivity contribution in [2.45, 2.75) is 56.2 Å². The number of rotatable bonds is 7. The second kappa shape index (κ2) is 7.79. The summed E-state index contributed by atoms with van der Waals surface area (Å²) < 4.78 is 59.9. The predicted molar refractivity (Wildman–Crippen MR) is 91.2 cm³/mol. The molecular weight excluding hydrogens is 378 g/mol. The first kappa shape index (κ1) is 19.3. The van der Waals surface area contributed by atoms with Crippen LogP contribution < -0.4 is 0 Å². The van der Waals surface area contributed by atoms with E-state index in [-0.39, 0.29) is 17.9 Å². The molecule has 0 unspecified atom stereocenters. The minimum absolute atomic E-state index is 0.0211. The highest BCUT2D eigenvalue weighted by Crippen LogP contribution is 2.48. The van der Waals surface area contributed by atoms with E-state index in [0.29, 0.717) is 11.9 Å². The number of benzene rings is 1. The second-order valence-electron chi connectivity index (χ2n) is 7.32. The van der Waals surface area contributed by atoms with E-state index >= 15 is 0 Å². The molecule has 2 aromatic rings. The van der Waals surface area contributed by atoms with Crippen molar-refractivity contribution in [3.63, 3.8) is 0 Å². The van der Waals surface area contributed by atoms with Crippen molar-refractivity contribution in [1.29, 1.82) is 0 Å². The Morgan fingerprint density at radius 2 is 2.04 bits per heavy atom. The number of hydrogen-bond acceptors (Lipinski definition) is 5. The molecule has 0 N–H and O–H groups in total. The monoisotopic (exact) mass is 399 g/mol. The second-order valence-corrected chi connectivity index (χ2v) is 7.32. The summed E-state index contributed by atoms with van der Waals surface area (Å²) >= 11 is 0. The Morgan fingerprint density at radius 3 is 2.79 bits per heavy atom. The van der Waals surface area contributed by atoms with E-state index in [1.54, 1.807) is 0 Å². The zero-order valence-electron chi connectivity index (χ0n) is 15.1. The summed E-state index contributed by atoms with van der Waals surface area (Å²) in [6, 6.07) is 10.8. The van der Waals surface area contributed by atoms with Gasteiger partial charge in [-0.3, -0.25) is 4.90 Å². The Hall–Kier alpha value is -2.00. The largest absolute Gasteiger partial charge is 0.365 e. The van der Waals surface area contributed by atoms with Gasteiger partial charge in [-0.15, -0.1) is 0 Å². The normalized spacial score (nSPS) is 25.5. The molecule has 1 aromatic heterocycles. The van der Waals surface area contributed by atoms with E-state index < -0.39 is 25.6 Å². The molecule has 0 aliphatic carbocycles. The summed E-state index contributed by atoms with van der Waals surface area (Å²) in [7, 11) is 0. The molecule has 2 fully saturated rings. The molecule has 1 aromatic carbocycles. The van der Waals surface area contributed by atoms with Crippen LogP contribution in [0.25, 0.3) is 0 Å². The van der Waals surface area contributed by atoms with Gasteiger partial charge in [0, 0.05) is 18.0 Å². The Bertz CT molecular complexity index is 786. The average molecular weight is 399 g/mol. The van der Waals surface area contributed by atoms with Crippen LogP contribution in [0.2, 0.25) is 0 Å². The first-order valence-electron chi connectivity index (χ1n) is 9.32. The van der Waals surface area contributed by atoms with Gasteiger partial charge in [0.1, 0.15) is 13.2 Å². The molecule has 28 heavy (non-hydrogen) atoms. The number of nitrogens with zero attached hydrogens (tertiary/aromatic N) is 3. The number of ether oxygens (including phenoxy) is 1. The van der Waals surface area contributed by atoms with Gasteiger partial charge >= 0.3 is 12.3 Å². The van der Waals surface area contributed by atoms with Gasteiger partial charge in [-0.2, -0.15) is 13.8 Å². The van der Waals surface area contributed by atoms with Crippen molar-refractivity contribution in [3.05, 3.63) is 47.6 Å². The topological polar surface area (TPSA) is 51.4 Å². The number of aromatic nitrogens is 2. The molecule has 4 rings (SSSR count). The van der Waals surface area contributed by atoms with E-state index in [1.807, 2.05) is 18.2 Å². The van der Waals surface area contributed by atoms with Crippen LogP contribution in [0.1, 0.15) is 48.5 Å². The summed E-state index contributed by atoms with van der Waals surface area (Å²) in [5.74, 6) is -3.57. The van der Waals surface area contributed by atoms with Crippen LogP contribution in [0.15, 0.2) is 34.9 Å². The van der Waals surface area contributed by atoms with Gasteiger partial charge in [0.2, 0.25) is 0 Å². The fourth-order valence-corrected chi connectivity index (χ4v) is 4.26. The third-order valence-corrected chi connectivity index (χ3v) is 5.52. The number of fused-ring (bicyclic) bond motifs is 1. The highest BCUT2D eigenvalue weighted by atomic mass is 19.3. The van der Waals surface area contributed by atoms with Crippen LogP contribution in [0.4, 0.5) is 17.6 Å². The minimum Gasteiger partial charge on any atom is -0.365 e. The smallest absolute Gasteiger partial charge is 0.330 e. The van der Waals surface area contributed by atoms with Crippen LogP contribution in [0.5, 0.6) is 0 Å². The molecule has 9 heteroatoms. The number of hydrogen-bond donors (Lipinski definition) is 0. The quantitative estimate of drug-likeness (QED) is 0.654. The lowest BCUT2D eigenvalue weighted by Crippen LogP contribution is -2.32. The van der Waals surface area contributed by atoms with Crippen LogP contribution in [0.3, 0.4) is 0 Å². The molecule has 0 amide bonds. The van der Waals surface area contributed by atoms with Gasteiger partial charge in [0.25, 0.3) is 5.89 Å². The van der Waals surface area contributed by atoms with Crippen molar-refractivity contribution in [2.75, 3.05) is 13.2 Å². The van der Waals surface area contributed by atoms with Gasteiger partial charge in [-0.25, -0.2) is 8.78 Å². The van der Waals surface area contributed by atoms with Crippen molar-refractivity contribution in [3.8, 4) is 0 Å². The molecule has 3 atom stereocenters. The number of halogens is 4. The minimum atomic E-state index is -4.19. The fourth-order valence-electron chi connectivity index (χ4n) is 4.26. The lowest BCUT2D eigenvalue weighted by atomic mass is 9.94. The molecule has 0 spiro atoms. The first-order chi connectivity index (χ1) is 13.5. The molecule has 152 valence electrons. The van der Waals surface area contributed by atoms with Crippen LogP contribution in [0, 0.1) is 0 Å². The number of alkyl halides is 4. The van der Waals surface area contributed by atoms with Gasteiger partial charge in [-0.1, -0.05) is 35.5 Å². The maximum atomic E-state index is 12.9. The third kappa shape index (κ3) is 3.77. The molecule has 0 bridgehead atoms. The summed E-state index contributed by atoms with van der Waals surface area (Å²) in [6.45, 7) is -0.798. The lowest BCUT2D eigenvalue weighted by Gasteiger charge is -2.24. The SMILES string of the molecule is FC(F)C(F)(F)COCc1nc([C@@H]2C[C@H](c3ccccc3)N3CCC[C@@H]23)no1. The summed E-state index contributed by atoms with van der Waals surface area (Å²) in [5, 5.41) is 4.01. The van der Waals surface area contributed by atoms with Gasteiger partial charge < -0.3 is 9.26 Å². The van der Waals surface area contributed by atoms with E-state index in [4.69, 9.17) is 4.52 Å². The highest BCUT2D eigenvalue weighted by molar-refractivity contribution is 5.24.